The first-order chi connectivity index (χ1) is 11.2. The standard InChI is InChI=1S/C18H15N3OS/c1-12(18-21-15-7-2-3-8-16(15)23-18)11-20-17(22)14-6-4-5-13(9-14)10-19/h2-9,12H,11H2,1H3,(H,20,22). The zero-order chi connectivity index (χ0) is 16.2. The molecule has 1 heterocycles. The van der Waals surface area contributed by atoms with E-state index >= 15 is 0 Å². The molecular weight excluding hydrogens is 306 g/mol. The van der Waals surface area contributed by atoms with Crippen LogP contribution in [0.5, 0.6) is 0 Å². The van der Waals surface area contributed by atoms with Crippen molar-refractivity contribution in [2.75, 3.05) is 6.54 Å². The van der Waals surface area contributed by atoms with Crippen LogP contribution >= 0.6 is 11.3 Å². The van der Waals surface area contributed by atoms with Crippen molar-refractivity contribution >= 4 is 27.5 Å². The van der Waals surface area contributed by atoms with Gasteiger partial charge in [0.2, 0.25) is 0 Å². The number of thiazole rings is 1. The predicted octanol–water partition coefficient (Wildman–Crippen LogP) is 3.70. The Morgan fingerprint density at radius 3 is 2.91 bits per heavy atom. The van der Waals surface area contributed by atoms with Gasteiger partial charge in [0.05, 0.1) is 26.9 Å². The molecule has 0 radical (unpaired) electrons. The number of aromatic nitrogens is 1. The third-order valence-corrected chi connectivity index (χ3v) is 4.82. The molecule has 3 aromatic rings. The number of hydrogen-bond donors (Lipinski definition) is 1. The van der Waals surface area contributed by atoms with Crippen molar-refractivity contribution in [3.63, 3.8) is 0 Å². The summed E-state index contributed by atoms with van der Waals surface area (Å²) < 4.78 is 1.15. The molecule has 1 unspecified atom stereocenters. The molecule has 0 saturated carbocycles. The van der Waals surface area contributed by atoms with E-state index in [2.05, 4.69) is 16.4 Å². The van der Waals surface area contributed by atoms with Gasteiger partial charge in [0, 0.05) is 18.0 Å². The van der Waals surface area contributed by atoms with Gasteiger partial charge in [0.25, 0.3) is 5.91 Å². The lowest BCUT2D eigenvalue weighted by atomic mass is 10.1. The summed E-state index contributed by atoms with van der Waals surface area (Å²) in [6.45, 7) is 2.55. The molecule has 0 aliphatic rings. The summed E-state index contributed by atoms with van der Waals surface area (Å²) in [7, 11) is 0. The second-order valence-electron chi connectivity index (χ2n) is 5.32. The Balaban J connectivity index is 1.67. The Bertz CT molecular complexity index is 861. The van der Waals surface area contributed by atoms with Gasteiger partial charge in [-0.15, -0.1) is 11.3 Å². The van der Waals surface area contributed by atoms with E-state index in [-0.39, 0.29) is 11.8 Å². The maximum atomic E-state index is 12.2. The number of para-hydroxylation sites is 1. The third-order valence-electron chi connectivity index (χ3n) is 3.55. The lowest BCUT2D eigenvalue weighted by molar-refractivity contribution is 0.0951. The number of nitrogens with one attached hydrogen (secondary N) is 1. The van der Waals surface area contributed by atoms with Gasteiger partial charge in [-0.2, -0.15) is 5.26 Å². The molecule has 1 amide bonds. The predicted molar refractivity (Wildman–Crippen MR) is 91.5 cm³/mol. The highest BCUT2D eigenvalue weighted by molar-refractivity contribution is 7.18. The van der Waals surface area contributed by atoms with E-state index in [4.69, 9.17) is 5.26 Å². The highest BCUT2D eigenvalue weighted by Crippen LogP contribution is 2.26. The van der Waals surface area contributed by atoms with Crippen LogP contribution in [0.2, 0.25) is 0 Å². The van der Waals surface area contributed by atoms with E-state index < -0.39 is 0 Å². The van der Waals surface area contributed by atoms with Crippen molar-refractivity contribution in [3.05, 3.63) is 64.7 Å². The second-order valence-corrected chi connectivity index (χ2v) is 6.39. The van der Waals surface area contributed by atoms with E-state index in [0.717, 1.165) is 15.2 Å². The number of nitrogens with zero attached hydrogens (tertiary/aromatic N) is 2. The zero-order valence-corrected chi connectivity index (χ0v) is 13.4. The molecule has 4 nitrogen and oxygen atoms in total. The molecule has 0 aliphatic heterocycles. The Labute approximate surface area is 138 Å². The molecule has 0 spiro atoms. The van der Waals surface area contributed by atoms with Crippen molar-refractivity contribution < 1.29 is 4.79 Å². The fraction of sp³-hybridized carbons (Fsp3) is 0.167. The highest BCUT2D eigenvalue weighted by Gasteiger charge is 2.13. The van der Waals surface area contributed by atoms with E-state index in [9.17, 15) is 4.79 Å². The summed E-state index contributed by atoms with van der Waals surface area (Å²) in [5.74, 6) is -0.0365. The first kappa shape index (κ1) is 15.2. The summed E-state index contributed by atoms with van der Waals surface area (Å²) >= 11 is 1.65. The number of hydrogen-bond acceptors (Lipinski definition) is 4. The lowest BCUT2D eigenvalue weighted by Crippen LogP contribution is -2.27. The SMILES string of the molecule is CC(CNC(=O)c1cccc(C#N)c1)c1nc2ccccc2s1. The molecule has 23 heavy (non-hydrogen) atoms. The van der Waals surface area contributed by atoms with Crippen molar-refractivity contribution in [1.29, 1.82) is 5.26 Å². The molecule has 0 saturated heterocycles. The maximum absolute atomic E-state index is 12.2. The third kappa shape index (κ3) is 3.38. The molecular formula is C18H15N3OS. The Morgan fingerprint density at radius 2 is 2.13 bits per heavy atom. The monoisotopic (exact) mass is 321 g/mol. The maximum Gasteiger partial charge on any atom is 0.251 e. The van der Waals surface area contributed by atoms with Gasteiger partial charge < -0.3 is 5.32 Å². The second kappa shape index (κ2) is 6.59. The number of nitriles is 1. The van der Waals surface area contributed by atoms with Crippen LogP contribution in [-0.4, -0.2) is 17.4 Å². The number of carbonyl (C=O) groups excluding carboxylic acids is 1. The van der Waals surface area contributed by atoms with E-state index in [1.54, 1.807) is 35.6 Å². The number of benzene rings is 2. The number of fused-ring (bicyclic) bond motifs is 1. The minimum absolute atomic E-state index is 0.135. The summed E-state index contributed by atoms with van der Waals surface area (Å²) in [5.41, 5.74) is 1.98. The van der Waals surface area contributed by atoms with E-state index in [1.165, 1.54) is 0 Å². The first-order valence-corrected chi connectivity index (χ1v) is 8.13. The number of rotatable bonds is 4. The van der Waals surface area contributed by atoms with Crippen LogP contribution in [0.25, 0.3) is 10.2 Å². The van der Waals surface area contributed by atoms with E-state index in [0.29, 0.717) is 17.7 Å². The van der Waals surface area contributed by atoms with Crippen LogP contribution < -0.4 is 5.32 Å². The molecule has 0 fully saturated rings. The fourth-order valence-electron chi connectivity index (χ4n) is 2.27. The van der Waals surface area contributed by atoms with Gasteiger partial charge in [0.1, 0.15) is 0 Å². The Kier molecular flexibility index (Phi) is 4.35. The van der Waals surface area contributed by atoms with Gasteiger partial charge in [-0.25, -0.2) is 4.98 Å². The number of amides is 1. The fourth-order valence-corrected chi connectivity index (χ4v) is 3.28. The van der Waals surface area contributed by atoms with Gasteiger partial charge in [-0.3, -0.25) is 4.79 Å². The minimum Gasteiger partial charge on any atom is -0.351 e. The molecule has 1 N–H and O–H groups in total. The largest absolute Gasteiger partial charge is 0.351 e. The van der Waals surface area contributed by atoms with Crippen LogP contribution in [0.4, 0.5) is 0 Å². The van der Waals surface area contributed by atoms with Gasteiger partial charge in [-0.1, -0.05) is 25.1 Å². The molecule has 1 aromatic heterocycles. The van der Waals surface area contributed by atoms with Crippen LogP contribution in [-0.2, 0) is 0 Å². The summed E-state index contributed by atoms with van der Waals surface area (Å²) in [5, 5.41) is 12.8. The molecule has 1 atom stereocenters. The molecule has 5 heteroatoms. The number of carbonyl (C=O) groups is 1. The molecule has 2 aromatic carbocycles. The van der Waals surface area contributed by atoms with Gasteiger partial charge in [-0.05, 0) is 30.3 Å². The zero-order valence-electron chi connectivity index (χ0n) is 12.6. The molecule has 0 aliphatic carbocycles. The molecule has 3 rings (SSSR count). The highest BCUT2D eigenvalue weighted by atomic mass is 32.1. The van der Waals surface area contributed by atoms with Gasteiger partial charge >= 0.3 is 0 Å². The first-order valence-electron chi connectivity index (χ1n) is 7.31. The summed E-state index contributed by atoms with van der Waals surface area (Å²) in [6, 6.07) is 16.8. The van der Waals surface area contributed by atoms with Crippen LogP contribution in [0.3, 0.4) is 0 Å². The van der Waals surface area contributed by atoms with Crippen LogP contribution in [0.15, 0.2) is 48.5 Å². The van der Waals surface area contributed by atoms with Crippen molar-refractivity contribution in [2.24, 2.45) is 0 Å². The smallest absolute Gasteiger partial charge is 0.251 e. The van der Waals surface area contributed by atoms with E-state index in [1.807, 2.05) is 31.2 Å². The molecule has 0 bridgehead atoms. The quantitative estimate of drug-likeness (QED) is 0.797. The average molecular weight is 321 g/mol. The van der Waals surface area contributed by atoms with Crippen LogP contribution in [0.1, 0.15) is 33.8 Å². The molecule has 114 valence electrons. The van der Waals surface area contributed by atoms with Crippen LogP contribution in [0, 0.1) is 11.3 Å². The lowest BCUT2D eigenvalue weighted by Gasteiger charge is -2.10. The van der Waals surface area contributed by atoms with Crippen molar-refractivity contribution in [2.45, 2.75) is 12.8 Å². The Morgan fingerprint density at radius 1 is 1.30 bits per heavy atom. The van der Waals surface area contributed by atoms with Crippen molar-refractivity contribution in [3.8, 4) is 6.07 Å². The van der Waals surface area contributed by atoms with Crippen molar-refractivity contribution in [1.82, 2.24) is 10.3 Å². The summed E-state index contributed by atoms with van der Waals surface area (Å²) in [4.78, 5) is 16.8. The topological polar surface area (TPSA) is 65.8 Å². The normalized spacial score (nSPS) is 11.8. The van der Waals surface area contributed by atoms with Gasteiger partial charge in [0.15, 0.2) is 0 Å². The summed E-state index contributed by atoms with van der Waals surface area (Å²) in [6.07, 6.45) is 0. The Hall–Kier alpha value is -2.71. The average Bonchev–Trinajstić information content (AvgIpc) is 3.03. The minimum atomic E-state index is -0.171.